The summed E-state index contributed by atoms with van der Waals surface area (Å²) in [6.07, 6.45) is -4.55. The molecule has 0 spiro atoms. The first-order chi connectivity index (χ1) is 5.84. The molecule has 0 radical (unpaired) electrons. The average molecular weight is 239 g/mol. The van der Waals surface area contributed by atoms with Gasteiger partial charge in [-0.05, 0) is 6.92 Å². The number of hydrogen-bond donors (Lipinski definition) is 0. The zero-order chi connectivity index (χ0) is 10.6. The number of nitrogens with zero attached hydrogens (tertiary/aromatic N) is 2. The van der Waals surface area contributed by atoms with Crippen LogP contribution in [0, 0.1) is 0 Å². The van der Waals surface area contributed by atoms with E-state index in [2.05, 4.69) is 0 Å². The molecule has 0 aliphatic rings. The molecule has 0 rings (SSSR count). The molecule has 8 heteroatoms. The molecular weight excluding hydrogens is 229 g/mol. The second kappa shape index (κ2) is 5.14. The van der Waals surface area contributed by atoms with Crippen molar-refractivity contribution in [1.82, 2.24) is 9.42 Å². The van der Waals surface area contributed by atoms with Crippen LogP contribution in [0.3, 0.4) is 0 Å². The first-order valence-electron chi connectivity index (χ1n) is 3.54. The Morgan fingerprint density at radius 1 is 1.31 bits per heavy atom. The van der Waals surface area contributed by atoms with E-state index >= 15 is 0 Å². The van der Waals surface area contributed by atoms with E-state index in [1.165, 1.54) is 13.8 Å². The molecule has 0 bridgehead atoms. The highest BCUT2D eigenvalue weighted by Crippen LogP contribution is 2.24. The highest BCUT2D eigenvalue weighted by Gasteiger charge is 2.41. The summed E-state index contributed by atoms with van der Waals surface area (Å²) in [6.45, 7) is 2.36. The minimum atomic E-state index is -4.55. The molecule has 0 heterocycles. The van der Waals surface area contributed by atoms with Crippen LogP contribution < -0.4 is 0 Å². The van der Waals surface area contributed by atoms with E-state index in [4.69, 9.17) is 10.7 Å². The van der Waals surface area contributed by atoms with E-state index in [0.717, 1.165) is 0 Å². The molecule has 0 aromatic carbocycles. The predicted molar refractivity (Wildman–Crippen MR) is 44.8 cm³/mol. The van der Waals surface area contributed by atoms with Gasteiger partial charge in [0.25, 0.3) is 0 Å². The molecule has 13 heavy (non-hydrogen) atoms. The lowest BCUT2D eigenvalue weighted by Gasteiger charge is -2.30. The van der Waals surface area contributed by atoms with Crippen LogP contribution >= 0.6 is 10.7 Å². The summed E-state index contributed by atoms with van der Waals surface area (Å²) >= 11 is 0. The van der Waals surface area contributed by atoms with E-state index in [-0.39, 0.29) is 18.1 Å². The Morgan fingerprint density at radius 3 is 1.85 bits per heavy atom. The third kappa shape index (κ3) is 3.80. The normalized spacial score (nSPS) is 15.4. The molecule has 0 N–H and O–H groups in total. The van der Waals surface area contributed by atoms with Crippen LogP contribution in [0.5, 0.6) is 0 Å². The maximum Gasteiger partial charge on any atom is 0.474 e. The van der Waals surface area contributed by atoms with Crippen molar-refractivity contribution < 1.29 is 17.4 Å². The zero-order valence-electron chi connectivity index (χ0n) is 7.14. The third-order valence-electron chi connectivity index (χ3n) is 1.30. The fourth-order valence-electron chi connectivity index (χ4n) is 0.813. The van der Waals surface area contributed by atoms with Crippen molar-refractivity contribution in [3.05, 3.63) is 0 Å². The van der Waals surface area contributed by atoms with E-state index in [0.29, 0.717) is 4.41 Å². The number of hydrogen-bond acceptors (Lipinski definition) is 2. The van der Waals surface area contributed by atoms with E-state index < -0.39 is 16.5 Å². The van der Waals surface area contributed by atoms with Gasteiger partial charge in [-0.15, -0.1) is 9.42 Å². The highest BCUT2D eigenvalue weighted by atomic mass is 35.7. The lowest BCUT2D eigenvalue weighted by atomic mass is 10.7. The SMILES string of the molecule is CCN(N(CC)C(F)(F)F)S(=O)Cl. The quantitative estimate of drug-likeness (QED) is 0.424. The van der Waals surface area contributed by atoms with Gasteiger partial charge in [0, 0.05) is 23.8 Å². The predicted octanol–water partition coefficient (Wildman–Crippen LogP) is 1.88. The molecule has 1 atom stereocenters. The summed E-state index contributed by atoms with van der Waals surface area (Å²) in [5.41, 5.74) is 0. The summed E-state index contributed by atoms with van der Waals surface area (Å²) in [6, 6.07) is 0. The number of rotatable bonds is 4. The fraction of sp³-hybridized carbons (Fsp3) is 1.00. The van der Waals surface area contributed by atoms with Gasteiger partial charge in [-0.1, -0.05) is 6.92 Å². The minimum absolute atomic E-state index is 0.0100. The molecule has 1 unspecified atom stereocenters. The third-order valence-corrected chi connectivity index (χ3v) is 2.56. The summed E-state index contributed by atoms with van der Waals surface area (Å²) in [5, 5.41) is 0.0100. The van der Waals surface area contributed by atoms with Gasteiger partial charge in [0.05, 0.1) is 0 Å². The van der Waals surface area contributed by atoms with Crippen LogP contribution in [0.15, 0.2) is 0 Å². The van der Waals surface area contributed by atoms with Gasteiger partial charge in [0.2, 0.25) is 10.2 Å². The van der Waals surface area contributed by atoms with Crippen LogP contribution in [0.2, 0.25) is 0 Å². The van der Waals surface area contributed by atoms with Crippen molar-refractivity contribution in [2.24, 2.45) is 0 Å². The molecule has 0 saturated carbocycles. The highest BCUT2D eigenvalue weighted by molar-refractivity contribution is 8.06. The second-order valence-electron chi connectivity index (χ2n) is 2.06. The maximum absolute atomic E-state index is 12.2. The summed E-state index contributed by atoms with van der Waals surface area (Å²) in [5.74, 6) is 0. The Kier molecular flexibility index (Phi) is 5.19. The topological polar surface area (TPSA) is 23.6 Å². The molecule has 0 aromatic rings. The molecular formula is C5H10ClF3N2OS. The van der Waals surface area contributed by atoms with E-state index in [1.54, 1.807) is 0 Å². The summed E-state index contributed by atoms with van der Waals surface area (Å²) in [4.78, 5) is 0. The standard InChI is InChI=1S/C5H10ClF3N2OS/c1-3-10(5(7,8)9)11(4-2)13(6)12/h3-4H2,1-2H3. The van der Waals surface area contributed by atoms with Crippen molar-refractivity contribution in [2.75, 3.05) is 13.1 Å². The number of halogens is 4. The monoisotopic (exact) mass is 238 g/mol. The molecule has 3 nitrogen and oxygen atoms in total. The lowest BCUT2D eigenvalue weighted by Crippen LogP contribution is -2.50. The molecule has 0 fully saturated rings. The molecule has 0 aromatic heterocycles. The summed E-state index contributed by atoms with van der Waals surface area (Å²) in [7, 11) is 2.91. The second-order valence-corrected chi connectivity index (χ2v) is 3.69. The Labute approximate surface area is 81.5 Å². The molecule has 0 saturated heterocycles. The van der Waals surface area contributed by atoms with Gasteiger partial charge in [0.1, 0.15) is 0 Å². The van der Waals surface area contributed by atoms with Gasteiger partial charge in [0.15, 0.2) is 0 Å². The Morgan fingerprint density at radius 2 is 1.77 bits per heavy atom. The Balaban J connectivity index is 4.63. The van der Waals surface area contributed by atoms with Crippen molar-refractivity contribution in [2.45, 2.75) is 20.1 Å². The minimum Gasteiger partial charge on any atom is -0.224 e. The van der Waals surface area contributed by atoms with Crippen LogP contribution in [-0.4, -0.2) is 33.0 Å². The largest absolute Gasteiger partial charge is 0.474 e. The van der Waals surface area contributed by atoms with Gasteiger partial charge >= 0.3 is 6.30 Å². The van der Waals surface area contributed by atoms with Crippen molar-refractivity contribution in [3.8, 4) is 0 Å². The fourth-order valence-corrected chi connectivity index (χ4v) is 1.90. The smallest absolute Gasteiger partial charge is 0.224 e. The van der Waals surface area contributed by atoms with Crippen LogP contribution in [-0.2, 0) is 10.2 Å². The van der Waals surface area contributed by atoms with Crippen molar-refractivity contribution in [3.63, 3.8) is 0 Å². The van der Waals surface area contributed by atoms with Gasteiger partial charge in [-0.3, -0.25) is 0 Å². The van der Waals surface area contributed by atoms with Crippen LogP contribution in [0.1, 0.15) is 13.8 Å². The van der Waals surface area contributed by atoms with E-state index in [9.17, 15) is 17.4 Å². The lowest BCUT2D eigenvalue weighted by molar-refractivity contribution is -0.290. The van der Waals surface area contributed by atoms with Gasteiger partial charge in [-0.25, -0.2) is 4.21 Å². The Bertz CT molecular complexity index is 189. The average Bonchev–Trinajstić information content (AvgIpc) is 1.96. The van der Waals surface area contributed by atoms with Gasteiger partial charge in [-0.2, -0.15) is 13.2 Å². The summed E-state index contributed by atoms with van der Waals surface area (Å²) < 4.78 is 47.9. The van der Waals surface area contributed by atoms with E-state index in [1.807, 2.05) is 0 Å². The number of hydrazine groups is 1. The molecule has 0 aliphatic carbocycles. The first-order valence-corrected chi connectivity index (χ1v) is 5.47. The van der Waals surface area contributed by atoms with Crippen molar-refractivity contribution in [1.29, 1.82) is 0 Å². The van der Waals surface area contributed by atoms with Crippen molar-refractivity contribution >= 4 is 20.9 Å². The van der Waals surface area contributed by atoms with Crippen LogP contribution in [0.4, 0.5) is 13.2 Å². The van der Waals surface area contributed by atoms with Gasteiger partial charge < -0.3 is 0 Å². The number of alkyl halides is 3. The molecule has 0 aliphatic heterocycles. The first kappa shape index (κ1) is 13.2. The Hall–Kier alpha value is 0.150. The molecule has 80 valence electrons. The maximum atomic E-state index is 12.2. The zero-order valence-corrected chi connectivity index (χ0v) is 8.71. The van der Waals surface area contributed by atoms with Crippen LogP contribution in [0.25, 0.3) is 0 Å². The molecule has 0 amide bonds.